The van der Waals surface area contributed by atoms with Crippen molar-refractivity contribution in [2.24, 2.45) is 0 Å². The van der Waals surface area contributed by atoms with Crippen LogP contribution in [0.3, 0.4) is 0 Å². The predicted molar refractivity (Wildman–Crippen MR) is 125 cm³/mol. The van der Waals surface area contributed by atoms with E-state index in [1.807, 2.05) is 4.98 Å². The molecule has 1 aromatic heterocycles. The Balaban J connectivity index is 1.80. The molecule has 0 saturated carbocycles. The highest BCUT2D eigenvalue weighted by Gasteiger charge is 2.55. The van der Waals surface area contributed by atoms with E-state index in [1.165, 1.54) is 19.1 Å². The fourth-order valence-corrected chi connectivity index (χ4v) is 4.97. The number of para-hydroxylation sites is 1. The van der Waals surface area contributed by atoms with Crippen LogP contribution in [0.15, 0.2) is 52.2 Å². The first kappa shape index (κ1) is 27.8. The van der Waals surface area contributed by atoms with Gasteiger partial charge in [0.15, 0.2) is 11.9 Å². The number of ether oxygens (including phenoxy) is 2. The number of aliphatic hydroxyl groups is 1. The molecule has 0 spiro atoms. The van der Waals surface area contributed by atoms with E-state index in [-0.39, 0.29) is 5.75 Å². The second kappa shape index (κ2) is 11.1. The Bertz CT molecular complexity index is 1220. The zero-order valence-corrected chi connectivity index (χ0v) is 21.0. The normalized spacial score (nSPS) is 26.4. The number of carbonyl (C=O) groups excluding carboxylic acids is 1. The lowest BCUT2D eigenvalue weighted by molar-refractivity contribution is -0.149. The van der Waals surface area contributed by atoms with Crippen LogP contribution in [0.2, 0.25) is 0 Å². The third-order valence-electron chi connectivity index (χ3n) is 5.26. The molecule has 0 aliphatic carbocycles. The summed E-state index contributed by atoms with van der Waals surface area (Å²) in [6, 6.07) is 7.86. The zero-order valence-electron chi connectivity index (χ0n) is 20.1. The number of aliphatic hydroxyl groups excluding tert-OH is 1. The van der Waals surface area contributed by atoms with E-state index < -0.39 is 67.8 Å². The van der Waals surface area contributed by atoms with Crippen molar-refractivity contribution in [1.82, 2.24) is 14.6 Å². The highest BCUT2D eigenvalue weighted by Crippen LogP contribution is 2.47. The fourth-order valence-electron chi connectivity index (χ4n) is 3.47. The molecule has 0 radical (unpaired) electrons. The van der Waals surface area contributed by atoms with Gasteiger partial charge in [0.25, 0.3) is 5.56 Å². The molecule has 2 aromatic rings. The number of carbonyl (C=O) groups is 1. The van der Waals surface area contributed by atoms with Gasteiger partial charge in [-0.25, -0.2) is 13.8 Å². The van der Waals surface area contributed by atoms with E-state index in [2.05, 4.69) is 5.09 Å². The minimum atomic E-state index is -4.30. The fraction of sp³-hybridized carbons (Fsp3) is 0.500. The number of aromatic nitrogens is 2. The van der Waals surface area contributed by atoms with Crippen molar-refractivity contribution in [1.29, 1.82) is 0 Å². The number of halogens is 1. The van der Waals surface area contributed by atoms with Gasteiger partial charge in [0.05, 0.1) is 12.7 Å². The minimum absolute atomic E-state index is 0.152. The van der Waals surface area contributed by atoms with Crippen molar-refractivity contribution < 1.29 is 37.4 Å². The predicted octanol–water partition coefficient (Wildman–Crippen LogP) is 1.66. The number of rotatable bonds is 10. The van der Waals surface area contributed by atoms with Gasteiger partial charge in [0.2, 0.25) is 0 Å². The van der Waals surface area contributed by atoms with Crippen LogP contribution in [-0.2, 0) is 23.4 Å². The quantitative estimate of drug-likeness (QED) is 0.305. The van der Waals surface area contributed by atoms with Crippen LogP contribution in [0.5, 0.6) is 5.75 Å². The maximum absolute atomic E-state index is 15.4. The number of aromatic amines is 1. The van der Waals surface area contributed by atoms with Crippen LogP contribution in [0.4, 0.5) is 4.39 Å². The van der Waals surface area contributed by atoms with Gasteiger partial charge >= 0.3 is 19.4 Å². The van der Waals surface area contributed by atoms with Gasteiger partial charge in [-0.2, -0.15) is 5.09 Å². The zero-order chi connectivity index (χ0) is 26.7. The lowest BCUT2D eigenvalue weighted by atomic mass is 9.98. The molecule has 36 heavy (non-hydrogen) atoms. The number of alkyl halides is 1. The van der Waals surface area contributed by atoms with E-state index in [0.717, 1.165) is 23.8 Å². The second-order valence-electron chi connectivity index (χ2n) is 8.67. The Morgan fingerprint density at radius 1 is 1.28 bits per heavy atom. The molecular weight excluding hydrogens is 500 g/mol. The molecule has 1 fully saturated rings. The van der Waals surface area contributed by atoms with E-state index in [1.54, 1.807) is 32.0 Å². The summed E-state index contributed by atoms with van der Waals surface area (Å²) in [6.45, 7) is 5.07. The van der Waals surface area contributed by atoms with E-state index in [0.29, 0.717) is 0 Å². The van der Waals surface area contributed by atoms with Crippen molar-refractivity contribution in [3.05, 3.63) is 63.4 Å². The van der Waals surface area contributed by atoms with Crippen LogP contribution < -0.4 is 20.9 Å². The molecule has 6 atom stereocenters. The topological polar surface area (TPSA) is 158 Å². The maximum Gasteiger partial charge on any atom is 0.459 e. The maximum atomic E-state index is 15.4. The first-order valence-electron chi connectivity index (χ1n) is 11.1. The molecule has 12 nitrogen and oxygen atoms in total. The van der Waals surface area contributed by atoms with Gasteiger partial charge in [-0.05, 0) is 39.8 Å². The Hall–Kier alpha value is -2.83. The largest absolute Gasteiger partial charge is 0.462 e. The molecule has 2 heterocycles. The third-order valence-corrected chi connectivity index (χ3v) is 6.90. The molecule has 0 bridgehead atoms. The highest BCUT2D eigenvalue weighted by atomic mass is 31.2. The number of esters is 1. The smallest absolute Gasteiger partial charge is 0.459 e. The summed E-state index contributed by atoms with van der Waals surface area (Å²) in [5.74, 6) is -0.560. The van der Waals surface area contributed by atoms with Gasteiger partial charge in [-0.15, -0.1) is 0 Å². The molecule has 1 aliphatic heterocycles. The van der Waals surface area contributed by atoms with Gasteiger partial charge in [-0.3, -0.25) is 23.7 Å². The summed E-state index contributed by atoms with van der Waals surface area (Å²) in [5.41, 5.74) is -4.12. The van der Waals surface area contributed by atoms with Crippen LogP contribution in [0.1, 0.15) is 33.9 Å². The van der Waals surface area contributed by atoms with Crippen LogP contribution in [0, 0.1) is 0 Å². The minimum Gasteiger partial charge on any atom is -0.462 e. The molecule has 0 unspecified atom stereocenters. The molecule has 3 N–H and O–H groups in total. The van der Waals surface area contributed by atoms with Crippen molar-refractivity contribution in [2.45, 2.75) is 63.9 Å². The number of hydrogen-bond donors (Lipinski definition) is 3. The first-order valence-corrected chi connectivity index (χ1v) is 12.7. The molecule has 1 aliphatic rings. The standard InChI is InChI=1S/C22H29FN3O9P/c1-13(2)33-19(29)14(3)25-36(31,35-15-8-6-5-7-9-15)32-12-16-18(28)22(4,23)20(34-16)26-11-10-17(27)24-21(26)30/h5-11,13-14,16,18,20,28H,12H2,1-4H3,(H,25,31)(H,24,27,30)/t14-,16-,18+,20-,22-,36-/m1/s1. The van der Waals surface area contributed by atoms with Gasteiger partial charge in [0.1, 0.15) is 24.0 Å². The molecule has 3 rings (SSSR count). The Kier molecular flexibility index (Phi) is 8.52. The average Bonchev–Trinajstić information content (AvgIpc) is 3.01. The molecular formula is C22H29FN3O9P. The van der Waals surface area contributed by atoms with Crippen LogP contribution in [0.25, 0.3) is 0 Å². The Morgan fingerprint density at radius 2 is 1.94 bits per heavy atom. The van der Waals surface area contributed by atoms with E-state index in [4.69, 9.17) is 18.5 Å². The number of nitrogens with zero attached hydrogens (tertiary/aromatic N) is 1. The Morgan fingerprint density at radius 3 is 2.56 bits per heavy atom. The summed E-state index contributed by atoms with van der Waals surface area (Å²) >= 11 is 0. The average molecular weight is 529 g/mol. The number of hydrogen-bond acceptors (Lipinski definition) is 9. The number of nitrogens with one attached hydrogen (secondary N) is 2. The molecule has 1 saturated heterocycles. The second-order valence-corrected chi connectivity index (χ2v) is 10.4. The molecule has 14 heteroatoms. The summed E-state index contributed by atoms with van der Waals surface area (Å²) in [7, 11) is -4.30. The van der Waals surface area contributed by atoms with Crippen LogP contribution in [-0.4, -0.2) is 57.3 Å². The number of H-pyrrole nitrogens is 1. The number of benzene rings is 1. The Labute approximate surface area is 205 Å². The lowest BCUT2D eigenvalue weighted by Gasteiger charge is -2.25. The lowest BCUT2D eigenvalue weighted by Crippen LogP contribution is -2.43. The summed E-state index contributed by atoms with van der Waals surface area (Å²) in [5, 5.41) is 13.0. The van der Waals surface area contributed by atoms with Gasteiger partial charge in [0, 0.05) is 12.3 Å². The van der Waals surface area contributed by atoms with Crippen molar-refractivity contribution in [2.75, 3.05) is 6.61 Å². The third kappa shape index (κ3) is 6.48. The summed E-state index contributed by atoms with van der Waals surface area (Å²) < 4.78 is 51.4. The first-order chi connectivity index (χ1) is 16.8. The van der Waals surface area contributed by atoms with Crippen molar-refractivity contribution in [3.8, 4) is 5.75 Å². The van der Waals surface area contributed by atoms with E-state index in [9.17, 15) is 24.1 Å². The van der Waals surface area contributed by atoms with Crippen molar-refractivity contribution >= 4 is 13.7 Å². The van der Waals surface area contributed by atoms with Crippen molar-refractivity contribution in [3.63, 3.8) is 0 Å². The SMILES string of the molecule is CC(C)OC(=O)[C@@H](C)N[P@@](=O)(OC[C@H]1O[C@@H](n2ccc(=O)[nH]c2=O)[C@](C)(F)[C@H]1O)Oc1ccccc1. The van der Waals surface area contributed by atoms with E-state index >= 15 is 4.39 Å². The summed E-state index contributed by atoms with van der Waals surface area (Å²) in [4.78, 5) is 37.7. The monoisotopic (exact) mass is 529 g/mol. The molecule has 1 aromatic carbocycles. The van der Waals surface area contributed by atoms with Crippen LogP contribution >= 0.6 is 7.75 Å². The van der Waals surface area contributed by atoms with Gasteiger partial charge < -0.3 is 19.1 Å². The molecule has 0 amide bonds. The summed E-state index contributed by atoms with van der Waals surface area (Å²) in [6.07, 6.45) is -4.21. The molecule has 198 valence electrons. The van der Waals surface area contributed by atoms with Gasteiger partial charge in [-0.1, -0.05) is 18.2 Å². The highest BCUT2D eigenvalue weighted by molar-refractivity contribution is 7.52.